The number of hydrogen-bond donors (Lipinski definition) is 1. The van der Waals surface area contributed by atoms with Crippen LogP contribution in [0.25, 0.3) is 0 Å². The van der Waals surface area contributed by atoms with E-state index in [0.717, 1.165) is 0 Å². The summed E-state index contributed by atoms with van der Waals surface area (Å²) in [7, 11) is 0. The highest BCUT2D eigenvalue weighted by Gasteiger charge is 2.04. The molecule has 48 valence electrons. The third-order valence-corrected chi connectivity index (χ3v) is 0.445. The zero-order valence-electron chi connectivity index (χ0n) is 13.7. The highest BCUT2D eigenvalue weighted by Crippen LogP contribution is 1.92. The molecular formula is C5H10ClNO. The van der Waals surface area contributed by atoms with Gasteiger partial charge in [0.1, 0.15) is 8.37 Å². The molecule has 3 heteroatoms. The fourth-order valence-electron chi connectivity index (χ4n) is 0.219. The molecule has 1 fully saturated rings. The molecule has 0 radical (unpaired) electrons. The van der Waals surface area contributed by atoms with Gasteiger partial charge >= 0.3 is 0 Å². The molecule has 0 spiro atoms. The molecule has 1 saturated heterocycles. The Balaban J connectivity index is 0.00000137. The van der Waals surface area contributed by atoms with Gasteiger partial charge in [0.15, 0.2) is 0 Å². The second-order valence-corrected chi connectivity index (χ2v) is 0.915. The first kappa shape index (κ1) is 1.32. The minimum Gasteiger partial charge on any atom is -0.310 e. The molecule has 1 aliphatic rings. The molecule has 1 heterocycles. The van der Waals surface area contributed by atoms with Crippen molar-refractivity contribution in [1.82, 2.24) is 5.31 Å². The van der Waals surface area contributed by atoms with E-state index in [9.17, 15) is 4.79 Å². The maximum Gasteiger partial charge on any atom is 0.147 e. The predicted molar refractivity (Wildman–Crippen MR) is 34.4 cm³/mol. The van der Waals surface area contributed by atoms with Gasteiger partial charge in [-0.3, -0.25) is 4.79 Å². The van der Waals surface area contributed by atoms with E-state index in [2.05, 4.69) is 12.3 Å². The molecule has 1 rings (SSSR count). The first-order chi connectivity index (χ1) is 7.81. The van der Waals surface area contributed by atoms with E-state index in [4.69, 9.17) is 13.6 Å². The Morgan fingerprint density at radius 1 is 2.00 bits per heavy atom. The van der Waals surface area contributed by atoms with E-state index in [0.29, 0.717) is 0 Å². The maximum absolute atomic E-state index is 11.4. The zero-order chi connectivity index (χ0) is 15.2. The number of rotatable bonds is 0. The van der Waals surface area contributed by atoms with Crippen molar-refractivity contribution in [1.29, 1.82) is 1.17 Å². The number of carbonyl (C=O) groups excluding carboxylic acids is 1. The largest absolute Gasteiger partial charge is 0.310 e. The Bertz CT molecular complexity index is 343. The molecule has 0 atom stereocenters. The SMILES string of the molecule is [2H]Cl.[2H]N1C([2H])([2H])C(=O)C([2H])([2H])C([2H])([2H])C1([2H])[2H]. The first-order valence-electron chi connectivity index (χ1n) is 6.48. The van der Waals surface area contributed by atoms with Gasteiger partial charge < -0.3 is 5.31 Å². The van der Waals surface area contributed by atoms with Gasteiger partial charge in [-0.05, 0) is 12.9 Å². The van der Waals surface area contributed by atoms with E-state index in [1.807, 2.05) is 0 Å². The Kier molecular flexibility index (Phi) is 0.640. The lowest BCUT2D eigenvalue weighted by Gasteiger charge is -2.08. The second-order valence-electron chi connectivity index (χ2n) is 0.915. The zero-order valence-corrected chi connectivity index (χ0v) is 4.49. The second kappa shape index (κ2) is 3.87. The van der Waals surface area contributed by atoms with Crippen LogP contribution in [0.5, 0.6) is 0 Å². The predicted octanol–water partition coefficient (Wildman–Crippen LogP) is 0.361. The van der Waals surface area contributed by atoms with Gasteiger partial charge in [0, 0.05) is 14.6 Å². The molecule has 8 heavy (non-hydrogen) atoms. The molecule has 0 amide bonds. The Morgan fingerprint density at radius 2 is 2.75 bits per heavy atom. The molecule has 0 bridgehead atoms. The lowest BCUT2D eigenvalue weighted by Crippen LogP contribution is -2.29. The van der Waals surface area contributed by atoms with Gasteiger partial charge in [-0.25, -0.2) is 0 Å². The average Bonchev–Trinajstić information content (AvgIpc) is 2.27. The number of halogens is 1. The van der Waals surface area contributed by atoms with Crippen LogP contribution in [0.4, 0.5) is 0 Å². The van der Waals surface area contributed by atoms with E-state index in [1.165, 1.54) is 0 Å². The molecule has 0 aromatic carbocycles. The topological polar surface area (TPSA) is 29.1 Å². The molecule has 0 saturated carbocycles. The molecule has 2 nitrogen and oxygen atoms in total. The third kappa shape index (κ3) is 2.28. The van der Waals surface area contributed by atoms with Crippen molar-refractivity contribution in [3.63, 3.8) is 0 Å². The van der Waals surface area contributed by atoms with Crippen LogP contribution in [0.2, 0.25) is 1.41 Å². The van der Waals surface area contributed by atoms with Crippen LogP contribution >= 0.6 is 12.3 Å². The quantitative estimate of drug-likeness (QED) is 0.534. The van der Waals surface area contributed by atoms with Crippen LogP contribution in [0.1, 0.15) is 23.7 Å². The van der Waals surface area contributed by atoms with Crippen molar-refractivity contribution in [2.45, 2.75) is 12.7 Å². The van der Waals surface area contributed by atoms with E-state index >= 15 is 0 Å². The summed E-state index contributed by atoms with van der Waals surface area (Å²) >= 11 is 3.89. The van der Waals surface area contributed by atoms with Gasteiger partial charge in [-0.1, -0.05) is 0 Å². The van der Waals surface area contributed by atoms with Gasteiger partial charge in [0.05, 0.1) is 9.24 Å². The minimum absolute atomic E-state index is 0.469. The fraction of sp³-hybridized carbons (Fsp3) is 0.800. The van der Waals surface area contributed by atoms with Crippen LogP contribution in [-0.2, 0) is 4.79 Å². The molecular weight excluding hydrogens is 126 g/mol. The van der Waals surface area contributed by atoms with Crippen molar-refractivity contribution in [2.24, 2.45) is 0 Å². The highest BCUT2D eigenvalue weighted by atomic mass is 35.5. The summed E-state index contributed by atoms with van der Waals surface area (Å²) in [5.74, 6) is -1.80. The summed E-state index contributed by atoms with van der Waals surface area (Å²) < 4.78 is 69.9. The maximum atomic E-state index is 11.4. The van der Waals surface area contributed by atoms with Gasteiger partial charge in [-0.2, -0.15) is 0 Å². The van der Waals surface area contributed by atoms with Crippen molar-refractivity contribution < 1.29 is 17.2 Å². The van der Waals surface area contributed by atoms with Crippen molar-refractivity contribution in [3.8, 4) is 0 Å². The van der Waals surface area contributed by atoms with Crippen molar-refractivity contribution >= 4 is 18.1 Å². The third-order valence-electron chi connectivity index (χ3n) is 0.445. The Labute approximate surface area is 68.9 Å². The van der Waals surface area contributed by atoms with E-state index < -0.39 is 36.8 Å². The smallest absolute Gasteiger partial charge is 0.147 e. The monoisotopic (exact) mass is 145 g/mol. The van der Waals surface area contributed by atoms with Crippen LogP contribution < -0.4 is 5.31 Å². The lowest BCUT2D eigenvalue weighted by molar-refractivity contribution is -0.119. The molecule has 0 aromatic rings. The molecule has 0 aromatic heterocycles. The minimum atomic E-state index is -3.34. The number of carbonyl (C=O) groups is 1. The molecule has 1 aliphatic heterocycles. The summed E-state index contributed by atoms with van der Waals surface area (Å²) in [4.78, 5) is 11.4. The number of Topliss-reactive ketones (excluding diaryl/α,β-unsaturated/α-hetero) is 1. The fourth-order valence-corrected chi connectivity index (χ4v) is 0.219. The number of hydrogen-bond acceptors (Lipinski definition) is 2. The van der Waals surface area contributed by atoms with E-state index in [1.54, 1.807) is 0 Å². The van der Waals surface area contributed by atoms with Gasteiger partial charge in [0.25, 0.3) is 0 Å². The Hall–Kier alpha value is -0.0800. The van der Waals surface area contributed by atoms with Crippen LogP contribution in [0.15, 0.2) is 0 Å². The summed E-state index contributed by atoms with van der Waals surface area (Å²) in [6.07, 6.45) is -6.65. The molecule has 0 aliphatic carbocycles. The summed E-state index contributed by atoms with van der Waals surface area (Å²) in [5.41, 5.74) is 0. The normalized spacial score (nSPS) is 64.9. The number of ketones is 1. The lowest BCUT2D eigenvalue weighted by atomic mass is 10.1. The summed E-state index contributed by atoms with van der Waals surface area (Å²) in [6.45, 7) is -6.47. The van der Waals surface area contributed by atoms with Crippen LogP contribution in [0.3, 0.4) is 0 Å². The first-order valence-corrected chi connectivity index (χ1v) is 1.65. The molecule has 1 N–H and O–H groups in total. The van der Waals surface area contributed by atoms with Crippen molar-refractivity contribution in [3.05, 3.63) is 0 Å². The van der Waals surface area contributed by atoms with Crippen LogP contribution in [0, 0.1) is 0 Å². The van der Waals surface area contributed by atoms with Gasteiger partial charge in [0.2, 0.25) is 0 Å². The summed E-state index contributed by atoms with van der Waals surface area (Å²) in [5, 5.41) is -0.469. The van der Waals surface area contributed by atoms with Gasteiger partial charge in [-0.15, -0.1) is 12.3 Å². The Morgan fingerprint density at radius 3 is 3.50 bits per heavy atom. The molecule has 0 unspecified atom stereocenters. The number of piperidine rings is 1. The summed E-state index contributed by atoms with van der Waals surface area (Å²) in [6, 6.07) is 0. The van der Waals surface area contributed by atoms with Crippen LogP contribution in [-0.4, -0.2) is 19.9 Å². The standard InChI is InChI=1S/C5H9NO.ClH/c7-5-2-1-3-6-4-5;/h6H,1-4H2;1H/i1D2,2D2,3D2,4D2;/hD2. The van der Waals surface area contributed by atoms with E-state index in [-0.39, 0.29) is 0 Å². The number of nitrogens with one attached hydrogen (secondary N) is 1. The highest BCUT2D eigenvalue weighted by molar-refractivity contribution is 5.85. The van der Waals surface area contributed by atoms with Crippen molar-refractivity contribution in [2.75, 3.05) is 13.0 Å². The average molecular weight is 146 g/mol.